The second-order valence-electron chi connectivity index (χ2n) is 5.98. The number of imidazole rings is 1. The van der Waals surface area contributed by atoms with Gasteiger partial charge < -0.3 is 26.7 Å². The van der Waals surface area contributed by atoms with Crippen molar-refractivity contribution in [3.8, 4) is 0 Å². The summed E-state index contributed by atoms with van der Waals surface area (Å²) in [6.45, 7) is 2.96. The molecule has 3 aromatic rings. The van der Waals surface area contributed by atoms with Gasteiger partial charge in [-0.15, -0.1) is 0 Å². The number of nitrogen functional groups attached to an aromatic ring is 1. The number of nitrogens with zero attached hydrogens (tertiary/aromatic N) is 4. The molecule has 1 unspecified atom stereocenters. The lowest BCUT2D eigenvalue weighted by atomic mass is 10.2. The van der Waals surface area contributed by atoms with E-state index in [1.807, 2.05) is 24.6 Å². The summed E-state index contributed by atoms with van der Waals surface area (Å²) in [6.07, 6.45) is 1.70. The molecule has 2 aromatic heterocycles. The number of fused-ring (bicyclic) bond motifs is 1. The smallest absolute Gasteiger partial charge is 0.226 e. The van der Waals surface area contributed by atoms with E-state index in [1.54, 1.807) is 18.5 Å². The summed E-state index contributed by atoms with van der Waals surface area (Å²) < 4.78 is 1.84. The molecule has 0 fully saturated rings. The van der Waals surface area contributed by atoms with Crippen LogP contribution in [0.15, 0.2) is 24.5 Å². The molecule has 0 saturated carbocycles. The van der Waals surface area contributed by atoms with Crippen LogP contribution in [-0.2, 0) is 13.6 Å². The number of benzene rings is 1. The van der Waals surface area contributed by atoms with Crippen LogP contribution >= 0.6 is 11.6 Å². The van der Waals surface area contributed by atoms with E-state index in [0.717, 1.165) is 11.2 Å². The quantitative estimate of drug-likeness (QED) is 0.496. The zero-order chi connectivity index (χ0) is 18.0. The van der Waals surface area contributed by atoms with E-state index in [-0.39, 0.29) is 6.04 Å². The summed E-state index contributed by atoms with van der Waals surface area (Å²) in [4.78, 5) is 13.4. The van der Waals surface area contributed by atoms with E-state index in [2.05, 4.69) is 25.6 Å². The Labute approximate surface area is 150 Å². The minimum Gasteiger partial charge on any atom is -0.398 e. The van der Waals surface area contributed by atoms with Gasteiger partial charge in [-0.2, -0.15) is 9.97 Å². The van der Waals surface area contributed by atoms with Gasteiger partial charge in [-0.25, -0.2) is 4.98 Å². The van der Waals surface area contributed by atoms with E-state index in [0.29, 0.717) is 41.1 Å². The Hall–Kier alpha value is -2.58. The van der Waals surface area contributed by atoms with Crippen molar-refractivity contribution in [1.29, 1.82) is 0 Å². The number of nitrogens with one attached hydrogen (secondary N) is 2. The summed E-state index contributed by atoms with van der Waals surface area (Å²) in [7, 11) is 1.89. The molecule has 0 amide bonds. The van der Waals surface area contributed by atoms with E-state index >= 15 is 0 Å². The van der Waals surface area contributed by atoms with Crippen molar-refractivity contribution in [2.45, 2.75) is 19.5 Å². The fraction of sp³-hybridized carbons (Fsp3) is 0.312. The number of aryl methyl sites for hydroxylation is 1. The third-order valence-corrected chi connectivity index (χ3v) is 3.93. The van der Waals surface area contributed by atoms with Gasteiger partial charge in [0.2, 0.25) is 5.95 Å². The van der Waals surface area contributed by atoms with Crippen molar-refractivity contribution in [3.63, 3.8) is 0 Å². The van der Waals surface area contributed by atoms with Crippen LogP contribution in [0.25, 0.3) is 11.2 Å². The number of halogens is 1. The number of hydrogen-bond donors (Lipinski definition) is 4. The molecule has 0 saturated heterocycles. The zero-order valence-corrected chi connectivity index (χ0v) is 14.9. The summed E-state index contributed by atoms with van der Waals surface area (Å²) in [5, 5.41) is 7.05. The number of aromatic nitrogens is 4. The highest BCUT2D eigenvalue weighted by molar-refractivity contribution is 6.30. The van der Waals surface area contributed by atoms with Gasteiger partial charge in [0.25, 0.3) is 0 Å². The maximum absolute atomic E-state index is 6.05. The van der Waals surface area contributed by atoms with Crippen LogP contribution in [0, 0.1) is 0 Å². The van der Waals surface area contributed by atoms with E-state index in [1.165, 1.54) is 0 Å². The molecule has 9 heteroatoms. The molecule has 2 heterocycles. The minimum atomic E-state index is -0.00602. The Bertz CT molecular complexity index is 889. The number of nitrogens with two attached hydrogens (primary N) is 2. The van der Waals surface area contributed by atoms with Gasteiger partial charge in [0.1, 0.15) is 0 Å². The second kappa shape index (κ2) is 7.12. The highest BCUT2D eigenvalue weighted by Crippen LogP contribution is 2.23. The molecule has 1 atom stereocenters. The van der Waals surface area contributed by atoms with Gasteiger partial charge in [0, 0.05) is 36.9 Å². The molecule has 6 N–H and O–H groups in total. The topological polar surface area (TPSA) is 120 Å². The van der Waals surface area contributed by atoms with Crippen LogP contribution in [0.3, 0.4) is 0 Å². The number of anilines is 3. The van der Waals surface area contributed by atoms with E-state index < -0.39 is 0 Å². The first-order valence-electron chi connectivity index (χ1n) is 7.90. The molecule has 0 bridgehead atoms. The standard InChI is InChI=1S/C16H21ClN8/c1-9(18)6-21-16-23-14(13-15(24-16)25(2)8-22-13)20-7-10-5-11(17)3-4-12(10)19/h3-5,8-9H,6-7,18-19H2,1-2H3,(H2,20,21,23,24). The molecule has 132 valence electrons. The Kier molecular flexibility index (Phi) is 4.91. The van der Waals surface area contributed by atoms with Crippen LogP contribution in [0.1, 0.15) is 12.5 Å². The molecular weight excluding hydrogens is 340 g/mol. The second-order valence-corrected chi connectivity index (χ2v) is 6.41. The van der Waals surface area contributed by atoms with E-state index in [9.17, 15) is 0 Å². The SMILES string of the molecule is CC(N)CNc1nc(NCc2cc(Cl)ccc2N)c2ncn(C)c2n1. The fourth-order valence-electron chi connectivity index (χ4n) is 2.37. The third kappa shape index (κ3) is 3.92. The van der Waals surface area contributed by atoms with Crippen LogP contribution in [0.5, 0.6) is 0 Å². The fourth-order valence-corrected chi connectivity index (χ4v) is 2.56. The Morgan fingerprint density at radius 3 is 2.84 bits per heavy atom. The molecule has 0 aliphatic heterocycles. The van der Waals surface area contributed by atoms with E-state index in [4.69, 9.17) is 23.1 Å². The van der Waals surface area contributed by atoms with Crippen LogP contribution in [0.2, 0.25) is 5.02 Å². The van der Waals surface area contributed by atoms with Crippen molar-refractivity contribution in [2.75, 3.05) is 22.9 Å². The minimum absolute atomic E-state index is 0.00602. The maximum Gasteiger partial charge on any atom is 0.226 e. The zero-order valence-electron chi connectivity index (χ0n) is 14.1. The summed E-state index contributed by atoms with van der Waals surface area (Å²) >= 11 is 6.05. The van der Waals surface area contributed by atoms with Crippen molar-refractivity contribution in [2.24, 2.45) is 12.8 Å². The molecule has 0 aliphatic rings. The highest BCUT2D eigenvalue weighted by Gasteiger charge is 2.13. The normalized spacial score (nSPS) is 12.3. The van der Waals surface area contributed by atoms with Gasteiger partial charge in [-0.05, 0) is 30.7 Å². The molecule has 1 aromatic carbocycles. The largest absolute Gasteiger partial charge is 0.398 e. The highest BCUT2D eigenvalue weighted by atomic mass is 35.5. The summed E-state index contributed by atoms with van der Waals surface area (Å²) in [5.41, 5.74) is 14.8. The van der Waals surface area contributed by atoms with Gasteiger partial charge in [-0.3, -0.25) is 0 Å². The molecule has 25 heavy (non-hydrogen) atoms. The first kappa shape index (κ1) is 17.2. The van der Waals surface area contributed by atoms with Crippen molar-refractivity contribution >= 4 is 40.2 Å². The number of rotatable bonds is 6. The average molecular weight is 361 g/mol. The Morgan fingerprint density at radius 2 is 2.08 bits per heavy atom. The van der Waals surface area contributed by atoms with Crippen LogP contribution in [-0.4, -0.2) is 32.1 Å². The van der Waals surface area contributed by atoms with Crippen LogP contribution in [0.4, 0.5) is 17.5 Å². The predicted octanol–water partition coefficient (Wildman–Crippen LogP) is 1.97. The van der Waals surface area contributed by atoms with Crippen LogP contribution < -0.4 is 22.1 Å². The Balaban J connectivity index is 1.89. The monoisotopic (exact) mass is 360 g/mol. The lowest BCUT2D eigenvalue weighted by Crippen LogP contribution is -2.26. The van der Waals surface area contributed by atoms with Crippen molar-refractivity contribution in [3.05, 3.63) is 35.1 Å². The molecule has 0 spiro atoms. The third-order valence-electron chi connectivity index (χ3n) is 3.69. The van der Waals surface area contributed by atoms with Gasteiger partial charge in [0.15, 0.2) is 17.0 Å². The van der Waals surface area contributed by atoms with Gasteiger partial charge in [-0.1, -0.05) is 11.6 Å². The van der Waals surface area contributed by atoms with Crippen molar-refractivity contribution < 1.29 is 0 Å². The predicted molar refractivity (Wildman–Crippen MR) is 102 cm³/mol. The first-order chi connectivity index (χ1) is 11.9. The number of hydrogen-bond acceptors (Lipinski definition) is 7. The molecule has 0 radical (unpaired) electrons. The van der Waals surface area contributed by atoms with Crippen molar-refractivity contribution in [1.82, 2.24) is 19.5 Å². The summed E-state index contributed by atoms with van der Waals surface area (Å²) in [6, 6.07) is 5.37. The van der Waals surface area contributed by atoms with Gasteiger partial charge >= 0.3 is 0 Å². The van der Waals surface area contributed by atoms with Gasteiger partial charge in [0.05, 0.1) is 6.33 Å². The molecule has 3 rings (SSSR count). The summed E-state index contributed by atoms with van der Waals surface area (Å²) in [5.74, 6) is 1.12. The maximum atomic E-state index is 6.05. The Morgan fingerprint density at radius 1 is 1.28 bits per heavy atom. The molecule has 0 aliphatic carbocycles. The lowest BCUT2D eigenvalue weighted by Gasteiger charge is -2.12. The molecular formula is C16H21ClN8. The first-order valence-corrected chi connectivity index (χ1v) is 8.28. The average Bonchev–Trinajstić information content (AvgIpc) is 2.95. The molecule has 8 nitrogen and oxygen atoms in total. The lowest BCUT2D eigenvalue weighted by molar-refractivity contribution is 0.773.